The van der Waals surface area contributed by atoms with Crippen molar-refractivity contribution in [1.82, 2.24) is 0 Å². The summed E-state index contributed by atoms with van der Waals surface area (Å²) in [6, 6.07) is 6.11. The van der Waals surface area contributed by atoms with Gasteiger partial charge in [0.2, 0.25) is 0 Å². The Morgan fingerprint density at radius 3 is 2.15 bits per heavy atom. The number of rotatable bonds is 3. The third kappa shape index (κ3) is 3.40. The zero-order chi connectivity index (χ0) is 14.9. The van der Waals surface area contributed by atoms with Gasteiger partial charge >= 0.3 is 0 Å². The monoisotopic (exact) mass is 338 g/mol. The van der Waals surface area contributed by atoms with Crippen LogP contribution in [0.15, 0.2) is 30.3 Å². The first kappa shape index (κ1) is 15.5. The lowest BCUT2D eigenvalue weighted by Crippen LogP contribution is -2.01. The van der Waals surface area contributed by atoms with Gasteiger partial charge in [-0.25, -0.2) is 13.2 Å². The highest BCUT2D eigenvalue weighted by molar-refractivity contribution is 6.42. The van der Waals surface area contributed by atoms with Crippen molar-refractivity contribution in [1.29, 1.82) is 0 Å². The molecule has 1 atom stereocenters. The van der Waals surface area contributed by atoms with Gasteiger partial charge in [-0.2, -0.15) is 0 Å². The van der Waals surface area contributed by atoms with E-state index in [2.05, 4.69) is 0 Å². The van der Waals surface area contributed by atoms with E-state index in [1.807, 2.05) is 0 Å². The Labute approximate surface area is 129 Å². The largest absolute Gasteiger partial charge is 0.207 e. The Balaban J connectivity index is 2.25. The molecule has 0 radical (unpaired) electrons. The maximum absolute atomic E-state index is 13.6. The van der Waals surface area contributed by atoms with Gasteiger partial charge in [-0.15, -0.1) is 11.6 Å². The summed E-state index contributed by atoms with van der Waals surface area (Å²) in [7, 11) is 0. The first-order valence-corrected chi connectivity index (χ1v) is 6.80. The lowest BCUT2D eigenvalue weighted by Gasteiger charge is -2.12. The summed E-state index contributed by atoms with van der Waals surface area (Å²) < 4.78 is 39.6. The third-order valence-electron chi connectivity index (χ3n) is 2.78. The van der Waals surface area contributed by atoms with Crippen molar-refractivity contribution in [3.8, 4) is 0 Å². The van der Waals surface area contributed by atoms with Crippen LogP contribution in [0.2, 0.25) is 10.0 Å². The quantitative estimate of drug-likeness (QED) is 0.480. The van der Waals surface area contributed by atoms with Gasteiger partial charge in [0.1, 0.15) is 5.82 Å². The Kier molecular flexibility index (Phi) is 4.84. The second-order valence-corrected chi connectivity index (χ2v) is 5.55. The van der Waals surface area contributed by atoms with Crippen molar-refractivity contribution in [3.63, 3.8) is 0 Å². The van der Waals surface area contributed by atoms with Crippen molar-refractivity contribution >= 4 is 34.8 Å². The van der Waals surface area contributed by atoms with E-state index in [-0.39, 0.29) is 12.0 Å². The SMILES string of the molecule is Fc1cc(F)c(C(Cl)Cc2ccc(Cl)c(Cl)c2)cc1F. The Morgan fingerprint density at radius 2 is 1.50 bits per heavy atom. The second-order valence-electron chi connectivity index (χ2n) is 4.21. The number of benzene rings is 2. The van der Waals surface area contributed by atoms with E-state index in [9.17, 15) is 13.2 Å². The van der Waals surface area contributed by atoms with Crippen LogP contribution in [0.5, 0.6) is 0 Å². The fraction of sp³-hybridized carbons (Fsp3) is 0.143. The average Bonchev–Trinajstić information content (AvgIpc) is 2.38. The maximum Gasteiger partial charge on any atom is 0.161 e. The number of hydrogen-bond donors (Lipinski definition) is 0. The van der Waals surface area contributed by atoms with E-state index in [1.165, 1.54) is 0 Å². The molecule has 0 aliphatic carbocycles. The fourth-order valence-corrected chi connectivity index (χ4v) is 2.43. The molecule has 0 aliphatic heterocycles. The first-order valence-electron chi connectivity index (χ1n) is 5.61. The molecule has 0 saturated heterocycles. The van der Waals surface area contributed by atoms with Gasteiger partial charge in [-0.05, 0) is 30.2 Å². The second kappa shape index (κ2) is 6.25. The molecule has 0 aromatic heterocycles. The predicted molar refractivity (Wildman–Crippen MR) is 75.1 cm³/mol. The van der Waals surface area contributed by atoms with Crippen LogP contribution in [0.4, 0.5) is 13.2 Å². The molecule has 0 spiro atoms. The molecule has 0 fully saturated rings. The van der Waals surface area contributed by atoms with E-state index in [4.69, 9.17) is 34.8 Å². The van der Waals surface area contributed by atoms with E-state index in [1.54, 1.807) is 18.2 Å². The molecule has 1 unspecified atom stereocenters. The molecule has 0 amide bonds. The highest BCUT2D eigenvalue weighted by atomic mass is 35.5. The van der Waals surface area contributed by atoms with Crippen LogP contribution in [0, 0.1) is 17.5 Å². The van der Waals surface area contributed by atoms with Crippen LogP contribution in [-0.2, 0) is 6.42 Å². The maximum atomic E-state index is 13.6. The Morgan fingerprint density at radius 1 is 0.850 bits per heavy atom. The minimum absolute atomic E-state index is 0.100. The normalized spacial score (nSPS) is 12.5. The lowest BCUT2D eigenvalue weighted by atomic mass is 10.0. The number of hydrogen-bond acceptors (Lipinski definition) is 0. The van der Waals surface area contributed by atoms with E-state index >= 15 is 0 Å². The molecule has 0 nitrogen and oxygen atoms in total. The molecule has 2 rings (SSSR count). The van der Waals surface area contributed by atoms with Crippen molar-refractivity contribution in [2.24, 2.45) is 0 Å². The van der Waals surface area contributed by atoms with E-state index < -0.39 is 22.8 Å². The molecular formula is C14H8Cl3F3. The lowest BCUT2D eigenvalue weighted by molar-refractivity contribution is 0.489. The van der Waals surface area contributed by atoms with Crippen molar-refractivity contribution in [2.75, 3.05) is 0 Å². The van der Waals surface area contributed by atoms with Crippen LogP contribution in [-0.4, -0.2) is 0 Å². The molecule has 0 saturated carbocycles. The molecule has 2 aromatic rings. The highest BCUT2D eigenvalue weighted by Crippen LogP contribution is 2.31. The molecule has 0 aliphatic rings. The summed E-state index contributed by atoms with van der Waals surface area (Å²) in [5.41, 5.74) is 0.611. The topological polar surface area (TPSA) is 0 Å². The van der Waals surface area contributed by atoms with Gasteiger partial charge in [0.25, 0.3) is 0 Å². The summed E-state index contributed by atoms with van der Waals surface area (Å²) in [6.07, 6.45) is 0.209. The third-order valence-corrected chi connectivity index (χ3v) is 3.90. The van der Waals surface area contributed by atoms with Gasteiger partial charge in [-0.1, -0.05) is 29.3 Å². The molecule has 6 heteroatoms. The highest BCUT2D eigenvalue weighted by Gasteiger charge is 2.17. The van der Waals surface area contributed by atoms with Gasteiger partial charge in [-0.3, -0.25) is 0 Å². The first-order chi connectivity index (χ1) is 9.38. The predicted octanol–water partition coefficient (Wildman–Crippen LogP) is 5.93. The standard InChI is InChI=1S/C14H8Cl3F3/c15-9-2-1-7(4-11(9)17)3-10(16)8-5-13(19)14(20)6-12(8)18/h1-2,4-6,10H,3H2. The molecule has 20 heavy (non-hydrogen) atoms. The zero-order valence-electron chi connectivity index (χ0n) is 9.94. The summed E-state index contributed by atoms with van der Waals surface area (Å²) in [4.78, 5) is 0. The minimum Gasteiger partial charge on any atom is -0.207 e. The van der Waals surface area contributed by atoms with Crippen LogP contribution in [0.3, 0.4) is 0 Å². The van der Waals surface area contributed by atoms with E-state index in [0.717, 1.165) is 6.07 Å². The number of alkyl halides is 1. The van der Waals surface area contributed by atoms with E-state index in [0.29, 0.717) is 21.7 Å². The summed E-state index contributed by atoms with van der Waals surface area (Å²) >= 11 is 17.7. The van der Waals surface area contributed by atoms with Crippen LogP contribution < -0.4 is 0 Å². The Hall–Kier alpha value is -0.900. The number of halogens is 6. The van der Waals surface area contributed by atoms with Crippen molar-refractivity contribution < 1.29 is 13.2 Å². The molecule has 2 aromatic carbocycles. The molecule has 0 N–H and O–H groups in total. The molecule has 0 heterocycles. The van der Waals surface area contributed by atoms with Crippen molar-refractivity contribution in [3.05, 3.63) is 69.0 Å². The average molecular weight is 340 g/mol. The molecular weight excluding hydrogens is 332 g/mol. The van der Waals surface area contributed by atoms with Crippen LogP contribution in [0.25, 0.3) is 0 Å². The van der Waals surface area contributed by atoms with Gasteiger partial charge < -0.3 is 0 Å². The smallest absolute Gasteiger partial charge is 0.161 e. The van der Waals surface area contributed by atoms with Crippen LogP contribution >= 0.6 is 34.8 Å². The minimum atomic E-state index is -1.25. The zero-order valence-corrected chi connectivity index (χ0v) is 12.2. The Bertz CT molecular complexity index is 644. The fourth-order valence-electron chi connectivity index (χ4n) is 1.76. The van der Waals surface area contributed by atoms with Crippen molar-refractivity contribution in [2.45, 2.75) is 11.8 Å². The summed E-state index contributed by atoms with van der Waals surface area (Å²) in [5, 5.41) is -0.110. The summed E-state index contributed by atoms with van der Waals surface area (Å²) in [5.74, 6) is -3.27. The molecule has 0 bridgehead atoms. The summed E-state index contributed by atoms with van der Waals surface area (Å²) in [6.45, 7) is 0. The molecule has 106 valence electrons. The van der Waals surface area contributed by atoms with Gasteiger partial charge in [0.15, 0.2) is 11.6 Å². The van der Waals surface area contributed by atoms with Gasteiger partial charge in [0.05, 0.1) is 15.4 Å². The van der Waals surface area contributed by atoms with Crippen LogP contribution in [0.1, 0.15) is 16.5 Å². The van der Waals surface area contributed by atoms with Gasteiger partial charge in [0, 0.05) is 11.6 Å².